The van der Waals surface area contributed by atoms with Gasteiger partial charge < -0.3 is 15.8 Å². The summed E-state index contributed by atoms with van der Waals surface area (Å²) in [6.07, 6.45) is 4.14. The van der Waals surface area contributed by atoms with Crippen molar-refractivity contribution in [1.82, 2.24) is 9.97 Å². The number of imidazole rings is 1. The zero-order valence-electron chi connectivity index (χ0n) is 8.22. The molecule has 4 heteroatoms. The number of aromatic nitrogens is 2. The molecular weight excluding hydrogens is 190 g/mol. The second-order valence-electron chi connectivity index (χ2n) is 3.45. The third-order valence-electron chi connectivity index (χ3n) is 2.26. The van der Waals surface area contributed by atoms with Crippen LogP contribution in [0.15, 0.2) is 36.7 Å². The quantitative estimate of drug-likeness (QED) is 0.705. The second kappa shape index (κ2) is 4.14. The summed E-state index contributed by atoms with van der Waals surface area (Å²) in [5, 5.41) is 9.12. The molecule has 2 aromatic rings. The van der Waals surface area contributed by atoms with Crippen molar-refractivity contribution in [2.24, 2.45) is 5.73 Å². The lowest BCUT2D eigenvalue weighted by atomic mass is 10.1. The first-order chi connectivity index (χ1) is 7.25. The van der Waals surface area contributed by atoms with E-state index in [-0.39, 0.29) is 11.8 Å². The van der Waals surface area contributed by atoms with Gasteiger partial charge in [-0.25, -0.2) is 4.98 Å². The number of nitrogens with zero attached hydrogens (tertiary/aromatic N) is 1. The minimum Gasteiger partial charge on any atom is -0.508 e. The van der Waals surface area contributed by atoms with Crippen LogP contribution < -0.4 is 5.73 Å². The first-order valence-corrected chi connectivity index (χ1v) is 4.78. The SMILES string of the molecule is NC(Cc1ccc(O)cc1)c1ncc[nH]1. The lowest BCUT2D eigenvalue weighted by Gasteiger charge is -2.08. The van der Waals surface area contributed by atoms with Crippen LogP contribution in [0.1, 0.15) is 17.4 Å². The molecular formula is C11H13N3O. The highest BCUT2D eigenvalue weighted by Crippen LogP contribution is 2.15. The van der Waals surface area contributed by atoms with Gasteiger partial charge in [0.05, 0.1) is 6.04 Å². The van der Waals surface area contributed by atoms with Crippen molar-refractivity contribution in [1.29, 1.82) is 0 Å². The van der Waals surface area contributed by atoms with Gasteiger partial charge in [0.1, 0.15) is 11.6 Å². The van der Waals surface area contributed by atoms with E-state index in [1.165, 1.54) is 0 Å². The van der Waals surface area contributed by atoms with Crippen molar-refractivity contribution in [2.75, 3.05) is 0 Å². The molecule has 0 radical (unpaired) electrons. The Morgan fingerprint density at radius 1 is 1.33 bits per heavy atom. The van der Waals surface area contributed by atoms with Gasteiger partial charge in [-0.2, -0.15) is 0 Å². The molecule has 0 spiro atoms. The molecule has 4 nitrogen and oxygen atoms in total. The highest BCUT2D eigenvalue weighted by molar-refractivity contribution is 5.26. The molecule has 1 atom stereocenters. The van der Waals surface area contributed by atoms with E-state index < -0.39 is 0 Å². The molecule has 1 aromatic carbocycles. The maximum atomic E-state index is 9.12. The standard InChI is InChI=1S/C11H13N3O/c12-10(11-13-5-6-14-11)7-8-1-3-9(15)4-2-8/h1-6,10,15H,7,12H2,(H,13,14). The Morgan fingerprint density at radius 3 is 2.67 bits per heavy atom. The summed E-state index contributed by atoms with van der Waals surface area (Å²) in [4.78, 5) is 7.08. The highest BCUT2D eigenvalue weighted by Gasteiger charge is 2.08. The Labute approximate surface area is 87.8 Å². The molecule has 0 bridgehead atoms. The van der Waals surface area contributed by atoms with E-state index in [0.29, 0.717) is 6.42 Å². The smallest absolute Gasteiger partial charge is 0.123 e. The van der Waals surface area contributed by atoms with E-state index in [4.69, 9.17) is 10.8 Å². The number of hydrogen-bond donors (Lipinski definition) is 3. The molecule has 0 amide bonds. The highest BCUT2D eigenvalue weighted by atomic mass is 16.3. The molecule has 4 N–H and O–H groups in total. The summed E-state index contributed by atoms with van der Waals surface area (Å²) in [5.41, 5.74) is 7.03. The summed E-state index contributed by atoms with van der Waals surface area (Å²) in [5.74, 6) is 1.05. The fraction of sp³-hybridized carbons (Fsp3) is 0.182. The largest absolute Gasteiger partial charge is 0.508 e. The molecule has 78 valence electrons. The van der Waals surface area contributed by atoms with Crippen molar-refractivity contribution in [3.8, 4) is 5.75 Å². The summed E-state index contributed by atoms with van der Waals surface area (Å²) in [6, 6.07) is 6.90. The van der Waals surface area contributed by atoms with Crippen molar-refractivity contribution < 1.29 is 5.11 Å². The van der Waals surface area contributed by atoms with Crippen LogP contribution in [0.2, 0.25) is 0 Å². The fourth-order valence-electron chi connectivity index (χ4n) is 1.46. The number of rotatable bonds is 3. The van der Waals surface area contributed by atoms with E-state index in [2.05, 4.69) is 9.97 Å². The number of aromatic hydroxyl groups is 1. The lowest BCUT2D eigenvalue weighted by Crippen LogP contribution is -2.14. The molecule has 1 heterocycles. The van der Waals surface area contributed by atoms with E-state index in [1.54, 1.807) is 24.5 Å². The molecule has 0 aliphatic carbocycles. The van der Waals surface area contributed by atoms with E-state index in [9.17, 15) is 0 Å². The molecule has 0 saturated heterocycles. The first-order valence-electron chi connectivity index (χ1n) is 4.78. The van der Waals surface area contributed by atoms with E-state index in [1.807, 2.05) is 12.1 Å². The third kappa shape index (κ3) is 2.35. The topological polar surface area (TPSA) is 74.9 Å². The van der Waals surface area contributed by atoms with Gasteiger partial charge in [0.15, 0.2) is 0 Å². The summed E-state index contributed by atoms with van der Waals surface area (Å²) in [6.45, 7) is 0. The average molecular weight is 203 g/mol. The third-order valence-corrected chi connectivity index (χ3v) is 2.26. The van der Waals surface area contributed by atoms with Crippen LogP contribution >= 0.6 is 0 Å². The summed E-state index contributed by atoms with van der Waals surface area (Å²) in [7, 11) is 0. The predicted octanol–water partition coefficient (Wildman–Crippen LogP) is 1.36. The van der Waals surface area contributed by atoms with Crippen LogP contribution in [0.25, 0.3) is 0 Å². The Bertz CT molecular complexity index is 408. The van der Waals surface area contributed by atoms with Gasteiger partial charge in [-0.15, -0.1) is 0 Å². The molecule has 0 aliphatic heterocycles. The zero-order valence-corrected chi connectivity index (χ0v) is 8.22. The minimum absolute atomic E-state index is 0.135. The number of nitrogens with two attached hydrogens (primary N) is 1. The van der Waals surface area contributed by atoms with Crippen molar-refractivity contribution >= 4 is 0 Å². The molecule has 0 saturated carbocycles. The predicted molar refractivity (Wildman–Crippen MR) is 57.3 cm³/mol. The van der Waals surface area contributed by atoms with Gasteiger partial charge in [-0.3, -0.25) is 0 Å². The van der Waals surface area contributed by atoms with Crippen LogP contribution in [0.3, 0.4) is 0 Å². The van der Waals surface area contributed by atoms with Crippen molar-refractivity contribution in [2.45, 2.75) is 12.5 Å². The maximum Gasteiger partial charge on any atom is 0.123 e. The monoisotopic (exact) mass is 203 g/mol. The normalized spacial score (nSPS) is 12.6. The molecule has 0 fully saturated rings. The molecule has 1 unspecified atom stereocenters. The second-order valence-corrected chi connectivity index (χ2v) is 3.45. The molecule has 0 aliphatic rings. The Kier molecular flexibility index (Phi) is 2.69. The minimum atomic E-state index is -0.135. The maximum absolute atomic E-state index is 9.12. The first kappa shape index (κ1) is 9.73. The van der Waals surface area contributed by atoms with Crippen molar-refractivity contribution in [3.63, 3.8) is 0 Å². The molecule has 15 heavy (non-hydrogen) atoms. The van der Waals surface area contributed by atoms with E-state index in [0.717, 1.165) is 11.4 Å². The Morgan fingerprint density at radius 2 is 2.07 bits per heavy atom. The number of H-pyrrole nitrogens is 1. The number of phenolic OH excluding ortho intramolecular Hbond substituents is 1. The number of nitrogens with one attached hydrogen (secondary N) is 1. The summed E-state index contributed by atoms with van der Waals surface area (Å²) < 4.78 is 0. The van der Waals surface area contributed by atoms with Crippen molar-refractivity contribution in [3.05, 3.63) is 48.0 Å². The van der Waals surface area contributed by atoms with Crippen LogP contribution in [0.5, 0.6) is 5.75 Å². The van der Waals surface area contributed by atoms with Gasteiger partial charge in [0.25, 0.3) is 0 Å². The number of aromatic amines is 1. The Hall–Kier alpha value is -1.81. The molecule has 1 aromatic heterocycles. The zero-order chi connectivity index (χ0) is 10.7. The Balaban J connectivity index is 2.06. The van der Waals surface area contributed by atoms with Crippen LogP contribution in [-0.2, 0) is 6.42 Å². The molecule has 2 rings (SSSR count). The van der Waals surface area contributed by atoms with Gasteiger partial charge >= 0.3 is 0 Å². The van der Waals surface area contributed by atoms with Crippen LogP contribution in [0, 0.1) is 0 Å². The number of hydrogen-bond acceptors (Lipinski definition) is 3. The van der Waals surface area contributed by atoms with Gasteiger partial charge in [-0.1, -0.05) is 12.1 Å². The van der Waals surface area contributed by atoms with Crippen LogP contribution in [0.4, 0.5) is 0 Å². The number of benzene rings is 1. The fourth-order valence-corrected chi connectivity index (χ4v) is 1.46. The van der Waals surface area contributed by atoms with E-state index >= 15 is 0 Å². The average Bonchev–Trinajstić information content (AvgIpc) is 2.74. The van der Waals surface area contributed by atoms with Crippen LogP contribution in [-0.4, -0.2) is 15.1 Å². The van der Waals surface area contributed by atoms with Gasteiger partial charge in [0, 0.05) is 12.4 Å². The number of phenols is 1. The summed E-state index contributed by atoms with van der Waals surface area (Å²) >= 11 is 0. The van der Waals surface area contributed by atoms with Gasteiger partial charge in [0.2, 0.25) is 0 Å². The van der Waals surface area contributed by atoms with Gasteiger partial charge in [-0.05, 0) is 24.1 Å². The lowest BCUT2D eigenvalue weighted by molar-refractivity contribution is 0.475.